The van der Waals surface area contributed by atoms with Crippen molar-refractivity contribution in [2.24, 2.45) is 14.1 Å². The Balaban J connectivity index is 2.23. The van der Waals surface area contributed by atoms with E-state index >= 15 is 0 Å². The molecule has 0 aliphatic heterocycles. The van der Waals surface area contributed by atoms with E-state index in [1.54, 1.807) is 0 Å². The number of aryl methyl sites for hydroxylation is 3. The molecule has 1 unspecified atom stereocenters. The monoisotopic (exact) mass is 247 g/mol. The van der Waals surface area contributed by atoms with Crippen molar-refractivity contribution in [2.45, 2.75) is 26.3 Å². The molecule has 0 saturated carbocycles. The first-order chi connectivity index (χ1) is 8.61. The molecule has 2 aromatic heterocycles. The van der Waals surface area contributed by atoms with E-state index in [0.29, 0.717) is 0 Å². The summed E-state index contributed by atoms with van der Waals surface area (Å²) < 4.78 is 4.01. The maximum absolute atomic E-state index is 4.42. The highest BCUT2D eigenvalue weighted by Crippen LogP contribution is 2.18. The Kier molecular flexibility index (Phi) is 3.81. The van der Waals surface area contributed by atoms with E-state index in [4.69, 9.17) is 0 Å². The van der Waals surface area contributed by atoms with Crippen LogP contribution >= 0.6 is 0 Å². The van der Waals surface area contributed by atoms with Crippen LogP contribution < -0.4 is 5.32 Å². The normalized spacial score (nSPS) is 12.9. The van der Waals surface area contributed by atoms with Crippen LogP contribution in [0, 0.1) is 6.92 Å². The number of hydrogen-bond donors (Lipinski definition) is 1. The van der Waals surface area contributed by atoms with Gasteiger partial charge in [0.15, 0.2) is 0 Å². The fourth-order valence-corrected chi connectivity index (χ4v) is 2.26. The van der Waals surface area contributed by atoms with E-state index in [1.165, 1.54) is 5.69 Å². The zero-order valence-corrected chi connectivity index (χ0v) is 11.5. The Bertz CT molecular complexity index is 511. The van der Waals surface area contributed by atoms with Crippen molar-refractivity contribution in [1.29, 1.82) is 0 Å². The molecule has 0 aliphatic carbocycles. The zero-order chi connectivity index (χ0) is 13.1. The third kappa shape index (κ3) is 2.61. The molecule has 5 nitrogen and oxygen atoms in total. The van der Waals surface area contributed by atoms with Crippen LogP contribution in [0.25, 0.3) is 0 Å². The maximum Gasteiger partial charge on any atom is 0.110 e. The average Bonchev–Trinajstić information content (AvgIpc) is 2.85. The van der Waals surface area contributed by atoms with E-state index < -0.39 is 0 Å². The second-order valence-corrected chi connectivity index (χ2v) is 4.60. The summed E-state index contributed by atoms with van der Waals surface area (Å²) in [5.41, 5.74) is 2.26. The summed E-state index contributed by atoms with van der Waals surface area (Å²) in [5, 5.41) is 7.92. The number of rotatable bonds is 5. The van der Waals surface area contributed by atoms with Gasteiger partial charge in [0.1, 0.15) is 5.82 Å². The minimum atomic E-state index is 0.252. The molecule has 2 rings (SSSR count). The van der Waals surface area contributed by atoms with Crippen LogP contribution in [0.15, 0.2) is 18.5 Å². The van der Waals surface area contributed by atoms with Gasteiger partial charge >= 0.3 is 0 Å². The topological polar surface area (TPSA) is 47.7 Å². The van der Waals surface area contributed by atoms with Crippen LogP contribution in [0.4, 0.5) is 0 Å². The van der Waals surface area contributed by atoms with Crippen molar-refractivity contribution >= 4 is 0 Å². The van der Waals surface area contributed by atoms with Crippen molar-refractivity contribution in [1.82, 2.24) is 24.6 Å². The fraction of sp³-hybridized carbons (Fsp3) is 0.538. The zero-order valence-electron chi connectivity index (χ0n) is 11.5. The molecule has 18 heavy (non-hydrogen) atoms. The molecular weight excluding hydrogens is 226 g/mol. The lowest BCUT2D eigenvalue weighted by atomic mass is 10.1. The highest BCUT2D eigenvalue weighted by molar-refractivity contribution is 5.15. The first-order valence-corrected chi connectivity index (χ1v) is 6.32. The average molecular weight is 247 g/mol. The van der Waals surface area contributed by atoms with E-state index in [-0.39, 0.29) is 6.04 Å². The number of imidazole rings is 1. The van der Waals surface area contributed by atoms with Crippen molar-refractivity contribution in [3.63, 3.8) is 0 Å². The molecule has 0 amide bonds. The van der Waals surface area contributed by atoms with Gasteiger partial charge in [0.05, 0.1) is 17.4 Å². The Labute approximate surface area is 108 Å². The van der Waals surface area contributed by atoms with E-state index in [9.17, 15) is 0 Å². The SMILES string of the molecule is CCNC(Cc1nccn1C)c1cc(C)nn1C. The summed E-state index contributed by atoms with van der Waals surface area (Å²) in [7, 11) is 4.02. The molecule has 1 atom stereocenters. The predicted octanol–water partition coefficient (Wildman–Crippen LogP) is 1.36. The maximum atomic E-state index is 4.42. The molecule has 0 aromatic carbocycles. The van der Waals surface area contributed by atoms with Crippen molar-refractivity contribution in [2.75, 3.05) is 6.54 Å². The van der Waals surface area contributed by atoms with Gasteiger partial charge in [0.25, 0.3) is 0 Å². The summed E-state index contributed by atoms with van der Waals surface area (Å²) in [6.45, 7) is 5.07. The fourth-order valence-electron chi connectivity index (χ4n) is 2.26. The molecule has 1 N–H and O–H groups in total. The minimum Gasteiger partial charge on any atom is -0.338 e. The second kappa shape index (κ2) is 5.35. The predicted molar refractivity (Wildman–Crippen MR) is 71.3 cm³/mol. The highest BCUT2D eigenvalue weighted by Gasteiger charge is 2.17. The number of nitrogens with zero attached hydrogens (tertiary/aromatic N) is 4. The van der Waals surface area contributed by atoms with Gasteiger partial charge in [-0.2, -0.15) is 5.10 Å². The van der Waals surface area contributed by atoms with Crippen molar-refractivity contribution in [3.8, 4) is 0 Å². The van der Waals surface area contributed by atoms with Crippen LogP contribution in [-0.4, -0.2) is 25.9 Å². The largest absolute Gasteiger partial charge is 0.338 e. The van der Waals surface area contributed by atoms with Gasteiger partial charge in [-0.3, -0.25) is 4.68 Å². The Morgan fingerprint density at radius 1 is 1.39 bits per heavy atom. The molecule has 2 aromatic rings. The van der Waals surface area contributed by atoms with Gasteiger partial charge in [-0.1, -0.05) is 6.92 Å². The van der Waals surface area contributed by atoms with Crippen LogP contribution in [0.5, 0.6) is 0 Å². The molecule has 0 saturated heterocycles. The minimum absolute atomic E-state index is 0.252. The lowest BCUT2D eigenvalue weighted by molar-refractivity contribution is 0.492. The van der Waals surface area contributed by atoms with Gasteiger partial charge < -0.3 is 9.88 Å². The van der Waals surface area contributed by atoms with E-state index in [1.807, 2.05) is 38.1 Å². The molecular formula is C13H21N5. The van der Waals surface area contributed by atoms with E-state index in [0.717, 1.165) is 24.5 Å². The standard InChI is InChI=1S/C13H21N5/c1-5-14-11(9-13-15-6-7-17(13)3)12-8-10(2)16-18(12)4/h6-8,11,14H,5,9H2,1-4H3. The molecule has 0 bridgehead atoms. The second-order valence-electron chi connectivity index (χ2n) is 4.60. The van der Waals surface area contributed by atoms with Crippen LogP contribution in [0.3, 0.4) is 0 Å². The molecule has 2 heterocycles. The Morgan fingerprint density at radius 3 is 2.67 bits per heavy atom. The molecule has 0 radical (unpaired) electrons. The molecule has 0 fully saturated rings. The number of likely N-dealkylation sites (N-methyl/N-ethyl adjacent to an activating group) is 1. The third-order valence-electron chi connectivity index (χ3n) is 3.15. The van der Waals surface area contributed by atoms with Crippen LogP contribution in [-0.2, 0) is 20.5 Å². The van der Waals surface area contributed by atoms with Crippen LogP contribution in [0.1, 0.15) is 30.2 Å². The first kappa shape index (κ1) is 12.8. The van der Waals surface area contributed by atoms with Gasteiger partial charge in [-0.25, -0.2) is 4.98 Å². The van der Waals surface area contributed by atoms with Crippen molar-refractivity contribution < 1.29 is 0 Å². The van der Waals surface area contributed by atoms with E-state index in [2.05, 4.69) is 33.0 Å². The van der Waals surface area contributed by atoms with Crippen molar-refractivity contribution in [3.05, 3.63) is 35.7 Å². The van der Waals surface area contributed by atoms with Gasteiger partial charge in [-0.15, -0.1) is 0 Å². The molecule has 98 valence electrons. The smallest absolute Gasteiger partial charge is 0.110 e. The van der Waals surface area contributed by atoms with Gasteiger partial charge in [0, 0.05) is 32.9 Å². The molecule has 0 spiro atoms. The Morgan fingerprint density at radius 2 is 2.17 bits per heavy atom. The lowest BCUT2D eigenvalue weighted by Gasteiger charge is -2.17. The van der Waals surface area contributed by atoms with Gasteiger partial charge in [-0.05, 0) is 19.5 Å². The summed E-state index contributed by atoms with van der Waals surface area (Å²) in [4.78, 5) is 4.39. The number of hydrogen-bond acceptors (Lipinski definition) is 3. The Hall–Kier alpha value is -1.62. The van der Waals surface area contributed by atoms with Crippen LogP contribution in [0.2, 0.25) is 0 Å². The number of aromatic nitrogens is 4. The van der Waals surface area contributed by atoms with Gasteiger partial charge in [0.2, 0.25) is 0 Å². The molecule has 0 aliphatic rings. The highest BCUT2D eigenvalue weighted by atomic mass is 15.3. The first-order valence-electron chi connectivity index (χ1n) is 6.32. The summed E-state index contributed by atoms with van der Waals surface area (Å²) >= 11 is 0. The number of nitrogens with one attached hydrogen (secondary N) is 1. The third-order valence-corrected chi connectivity index (χ3v) is 3.15. The lowest BCUT2D eigenvalue weighted by Crippen LogP contribution is -2.26. The molecule has 5 heteroatoms. The summed E-state index contributed by atoms with van der Waals surface area (Å²) in [6.07, 6.45) is 4.69. The summed E-state index contributed by atoms with van der Waals surface area (Å²) in [5.74, 6) is 1.08. The summed E-state index contributed by atoms with van der Waals surface area (Å²) in [6, 6.07) is 2.39. The quantitative estimate of drug-likeness (QED) is 0.867.